The first-order valence-corrected chi connectivity index (χ1v) is 9.89. The summed E-state index contributed by atoms with van der Waals surface area (Å²) in [4.78, 5) is 11.7. The van der Waals surface area contributed by atoms with Crippen molar-refractivity contribution in [1.82, 2.24) is 5.32 Å². The van der Waals surface area contributed by atoms with Crippen molar-refractivity contribution >= 4 is 14.0 Å². The molecule has 0 aliphatic carbocycles. The Bertz CT molecular complexity index is 443. The van der Waals surface area contributed by atoms with Crippen molar-refractivity contribution in [2.45, 2.75) is 50.5 Å². The minimum Gasteiger partial charge on any atom is -0.353 e. The van der Waals surface area contributed by atoms with Gasteiger partial charge in [0.05, 0.1) is 8.07 Å². The maximum Gasteiger partial charge on any atom is 0.220 e. The number of amides is 1. The number of carbonyl (C=O) groups is 1. The summed E-state index contributed by atoms with van der Waals surface area (Å²) in [6, 6.07) is 12.1. The molecular weight excluding hydrogens is 238 g/mol. The Labute approximate surface area is 111 Å². The third-order valence-electron chi connectivity index (χ3n) is 4.90. The van der Waals surface area contributed by atoms with Crippen molar-refractivity contribution in [1.29, 1.82) is 0 Å². The Hall–Kier alpha value is -1.09. The first-order chi connectivity index (χ1) is 8.35. The van der Waals surface area contributed by atoms with E-state index in [4.69, 9.17) is 0 Å². The molecule has 18 heavy (non-hydrogen) atoms. The zero-order valence-corrected chi connectivity index (χ0v) is 12.8. The summed E-state index contributed by atoms with van der Waals surface area (Å²) in [5, 5.41) is 3.25. The van der Waals surface area contributed by atoms with Gasteiger partial charge in [0.2, 0.25) is 5.91 Å². The van der Waals surface area contributed by atoms with Gasteiger partial charge in [-0.3, -0.25) is 4.79 Å². The molecule has 0 bridgehead atoms. The fraction of sp³-hybridized carbons (Fsp3) is 0.533. The first-order valence-electron chi connectivity index (χ1n) is 6.68. The van der Waals surface area contributed by atoms with Crippen LogP contribution in [0.25, 0.3) is 0 Å². The van der Waals surface area contributed by atoms with Gasteiger partial charge in [-0.15, -0.1) is 0 Å². The van der Waals surface area contributed by atoms with Crippen LogP contribution in [0.3, 0.4) is 0 Å². The van der Waals surface area contributed by atoms with Gasteiger partial charge in [-0.1, -0.05) is 55.9 Å². The van der Waals surface area contributed by atoms with Gasteiger partial charge in [0.15, 0.2) is 0 Å². The summed E-state index contributed by atoms with van der Waals surface area (Å²) in [5.74, 6) is 0.221. The van der Waals surface area contributed by atoms with Crippen LogP contribution in [0.15, 0.2) is 30.3 Å². The molecule has 1 saturated heterocycles. The predicted molar refractivity (Wildman–Crippen MR) is 78.2 cm³/mol. The average molecular weight is 261 g/mol. The summed E-state index contributed by atoms with van der Waals surface area (Å²) in [7, 11) is -1.52. The Kier molecular flexibility index (Phi) is 3.36. The standard InChI is InChI=1S/C15H23NOSi/c1-12-15(2,10-14(17)16-12)18(3,4)11-13-8-6-5-7-9-13/h5-9,12H,10-11H2,1-4H3,(H,16,17)/t12-,15+/m1/s1. The first kappa shape index (κ1) is 13.3. The van der Waals surface area contributed by atoms with Crippen molar-refractivity contribution in [3.63, 3.8) is 0 Å². The van der Waals surface area contributed by atoms with Gasteiger partial charge in [0.25, 0.3) is 0 Å². The van der Waals surface area contributed by atoms with Gasteiger partial charge in [-0.25, -0.2) is 0 Å². The second kappa shape index (κ2) is 4.54. The van der Waals surface area contributed by atoms with Gasteiger partial charge in [-0.2, -0.15) is 0 Å². The molecule has 98 valence electrons. The molecule has 0 spiro atoms. The van der Waals surface area contributed by atoms with E-state index in [1.165, 1.54) is 5.56 Å². The molecule has 0 radical (unpaired) electrons. The van der Waals surface area contributed by atoms with Gasteiger partial charge < -0.3 is 5.32 Å². The highest BCUT2D eigenvalue weighted by molar-refractivity contribution is 6.80. The van der Waals surface area contributed by atoms with E-state index in [9.17, 15) is 4.79 Å². The smallest absolute Gasteiger partial charge is 0.220 e. The third-order valence-corrected chi connectivity index (χ3v) is 9.89. The average Bonchev–Trinajstić information content (AvgIpc) is 2.55. The molecule has 1 aromatic carbocycles. The van der Waals surface area contributed by atoms with Crippen LogP contribution >= 0.6 is 0 Å². The number of carbonyl (C=O) groups excluding carboxylic acids is 1. The highest BCUT2D eigenvalue weighted by atomic mass is 28.3. The van der Waals surface area contributed by atoms with Gasteiger partial charge in [0.1, 0.15) is 0 Å². The Morgan fingerprint density at radius 2 is 1.94 bits per heavy atom. The fourth-order valence-corrected chi connectivity index (χ4v) is 6.62. The lowest BCUT2D eigenvalue weighted by Gasteiger charge is -2.42. The lowest BCUT2D eigenvalue weighted by Crippen LogP contribution is -2.48. The normalized spacial score (nSPS) is 28.2. The molecule has 1 aliphatic heterocycles. The molecule has 2 rings (SSSR count). The van der Waals surface area contributed by atoms with Crippen LogP contribution in [0.1, 0.15) is 25.8 Å². The van der Waals surface area contributed by atoms with E-state index in [1.807, 2.05) is 0 Å². The molecule has 0 unspecified atom stereocenters. The SMILES string of the molecule is C[C@H]1NC(=O)C[C@]1(C)[Si](C)(C)Cc1ccccc1. The molecule has 1 fully saturated rings. The molecule has 0 saturated carbocycles. The lowest BCUT2D eigenvalue weighted by atomic mass is 10.0. The van der Waals surface area contributed by atoms with Crippen LogP contribution in [0.5, 0.6) is 0 Å². The van der Waals surface area contributed by atoms with Crippen molar-refractivity contribution in [2.24, 2.45) is 0 Å². The Balaban J connectivity index is 2.23. The Morgan fingerprint density at radius 3 is 2.44 bits per heavy atom. The molecular formula is C15H23NOSi. The van der Waals surface area contributed by atoms with Crippen LogP contribution in [0.4, 0.5) is 0 Å². The fourth-order valence-electron chi connectivity index (χ4n) is 3.07. The van der Waals surface area contributed by atoms with E-state index in [0.717, 1.165) is 6.04 Å². The van der Waals surface area contributed by atoms with E-state index >= 15 is 0 Å². The van der Waals surface area contributed by atoms with Gasteiger partial charge in [0, 0.05) is 12.5 Å². The number of nitrogens with one attached hydrogen (secondary N) is 1. The zero-order valence-electron chi connectivity index (χ0n) is 11.8. The van der Waals surface area contributed by atoms with Crippen molar-refractivity contribution in [2.75, 3.05) is 0 Å². The maximum atomic E-state index is 11.7. The molecule has 1 heterocycles. The molecule has 1 N–H and O–H groups in total. The van der Waals surface area contributed by atoms with Crippen molar-refractivity contribution < 1.29 is 4.79 Å². The third kappa shape index (κ3) is 2.24. The molecule has 2 atom stereocenters. The van der Waals surface area contributed by atoms with E-state index < -0.39 is 8.07 Å². The number of rotatable bonds is 3. The summed E-state index contributed by atoms with van der Waals surface area (Å²) < 4.78 is 0. The largest absolute Gasteiger partial charge is 0.353 e. The summed E-state index contributed by atoms with van der Waals surface area (Å²) in [6.07, 6.45) is 0.695. The minimum atomic E-state index is -1.52. The minimum absolute atomic E-state index is 0.153. The highest BCUT2D eigenvalue weighted by Gasteiger charge is 2.51. The highest BCUT2D eigenvalue weighted by Crippen LogP contribution is 2.48. The summed E-state index contributed by atoms with van der Waals surface area (Å²) in [5.41, 5.74) is 1.40. The molecule has 3 heteroatoms. The van der Waals surface area contributed by atoms with Crippen LogP contribution < -0.4 is 5.32 Å². The second-order valence-corrected chi connectivity index (χ2v) is 11.7. The zero-order chi connectivity index (χ0) is 13.4. The van der Waals surface area contributed by atoms with Crippen molar-refractivity contribution in [3.8, 4) is 0 Å². The lowest BCUT2D eigenvalue weighted by molar-refractivity contribution is -0.119. The molecule has 1 aliphatic rings. The Morgan fingerprint density at radius 1 is 1.33 bits per heavy atom. The molecule has 2 nitrogen and oxygen atoms in total. The van der Waals surface area contributed by atoms with E-state index in [2.05, 4.69) is 62.6 Å². The predicted octanol–water partition coefficient (Wildman–Crippen LogP) is 3.15. The van der Waals surface area contributed by atoms with Crippen LogP contribution in [0.2, 0.25) is 18.1 Å². The second-order valence-electron chi connectivity index (χ2n) is 6.43. The van der Waals surface area contributed by atoms with Crippen LogP contribution in [0, 0.1) is 0 Å². The number of benzene rings is 1. The van der Waals surface area contributed by atoms with Crippen LogP contribution in [-0.4, -0.2) is 20.0 Å². The summed E-state index contributed by atoms with van der Waals surface area (Å²) >= 11 is 0. The van der Waals surface area contributed by atoms with E-state index in [0.29, 0.717) is 12.5 Å². The topological polar surface area (TPSA) is 29.1 Å². The van der Waals surface area contributed by atoms with Crippen LogP contribution in [-0.2, 0) is 10.8 Å². The molecule has 0 aromatic heterocycles. The number of hydrogen-bond donors (Lipinski definition) is 1. The van der Waals surface area contributed by atoms with Gasteiger partial charge in [-0.05, 0) is 18.0 Å². The van der Waals surface area contributed by atoms with Gasteiger partial charge >= 0.3 is 0 Å². The van der Waals surface area contributed by atoms with Crippen molar-refractivity contribution in [3.05, 3.63) is 35.9 Å². The molecule has 1 aromatic rings. The number of hydrogen-bond acceptors (Lipinski definition) is 1. The summed E-state index contributed by atoms with van der Waals surface area (Å²) in [6.45, 7) is 9.28. The van der Waals surface area contributed by atoms with E-state index in [1.54, 1.807) is 0 Å². The van der Waals surface area contributed by atoms with E-state index in [-0.39, 0.29) is 10.9 Å². The monoisotopic (exact) mass is 261 g/mol. The maximum absolute atomic E-state index is 11.7. The quantitative estimate of drug-likeness (QED) is 0.832. The molecule has 1 amide bonds.